The minimum absolute atomic E-state index is 0.123. The predicted molar refractivity (Wildman–Crippen MR) is 49.2 cm³/mol. The molecule has 0 radical (unpaired) electrons. The van der Waals surface area contributed by atoms with Crippen molar-refractivity contribution in [2.45, 2.75) is 11.9 Å². The molecule has 0 saturated heterocycles. The summed E-state index contributed by atoms with van der Waals surface area (Å²) in [6, 6.07) is 0. The Morgan fingerprint density at radius 2 is 2.18 bits per heavy atom. The lowest BCUT2D eigenvalue weighted by atomic mass is 10.7. The Bertz CT molecular complexity index is 348. The minimum atomic E-state index is -3.17. The Balaban J connectivity index is 3.29. The van der Waals surface area contributed by atoms with Gasteiger partial charge in [-0.05, 0) is 6.92 Å². The highest BCUT2D eigenvalue weighted by Crippen LogP contribution is 2.15. The van der Waals surface area contributed by atoms with Crippen LogP contribution in [0.25, 0.3) is 0 Å². The number of aryl methyl sites for hydroxylation is 2. The molecular weight excluding hydrogens is 279 g/mol. The van der Waals surface area contributed by atoms with Crippen molar-refractivity contribution in [3.05, 3.63) is 12.0 Å². The van der Waals surface area contributed by atoms with Crippen molar-refractivity contribution in [1.29, 1.82) is 0 Å². The number of imidazole rings is 1. The molecule has 6 heteroatoms. The van der Waals surface area contributed by atoms with E-state index in [-0.39, 0.29) is 5.03 Å². The van der Waals surface area contributed by atoms with Crippen LogP contribution in [0, 0.1) is 6.92 Å². The molecule has 1 aromatic rings. The topological polar surface area (TPSA) is 52.0 Å². The number of halogens is 1. The van der Waals surface area contributed by atoms with Gasteiger partial charge < -0.3 is 4.57 Å². The van der Waals surface area contributed by atoms with E-state index in [4.69, 9.17) is 0 Å². The molecule has 4 nitrogen and oxygen atoms in total. The zero-order valence-electron chi connectivity index (χ0n) is 6.07. The summed E-state index contributed by atoms with van der Waals surface area (Å²) in [5.41, 5.74) is 0. The minimum Gasteiger partial charge on any atom is -0.337 e. The average Bonchev–Trinajstić information content (AvgIpc) is 2.11. The molecule has 62 valence electrons. The van der Waals surface area contributed by atoms with Crippen LogP contribution < -0.4 is 0 Å². The van der Waals surface area contributed by atoms with Gasteiger partial charge in [0, 0.05) is 13.2 Å². The number of hydrogen-bond acceptors (Lipinski definition) is 3. The largest absolute Gasteiger partial charge is 0.337 e. The smallest absolute Gasteiger partial charge is 0.249 e. The molecule has 0 atom stereocenters. The molecule has 0 fully saturated rings. The van der Waals surface area contributed by atoms with Gasteiger partial charge in [-0.1, -0.05) is 0 Å². The van der Waals surface area contributed by atoms with E-state index in [1.165, 1.54) is 27.4 Å². The van der Waals surface area contributed by atoms with Gasteiger partial charge in [0.05, 0.1) is 21.2 Å². The van der Waals surface area contributed by atoms with Crippen LogP contribution in [-0.2, 0) is 14.1 Å². The number of nitrogens with zero attached hydrogens (tertiary/aromatic N) is 2. The fraction of sp³-hybridized carbons (Fsp3) is 0.400. The van der Waals surface area contributed by atoms with Crippen LogP contribution in [0.4, 0.5) is 0 Å². The molecule has 1 aromatic heterocycles. The quantitative estimate of drug-likeness (QED) is 0.568. The van der Waals surface area contributed by atoms with Crippen LogP contribution in [0.3, 0.4) is 0 Å². The maximum atomic E-state index is 10.9. The van der Waals surface area contributed by atoms with Gasteiger partial charge in [0.15, 0.2) is 5.03 Å². The van der Waals surface area contributed by atoms with Gasteiger partial charge in [-0.2, -0.15) is 0 Å². The predicted octanol–water partition coefficient (Wildman–Crippen LogP) is 0.852. The molecule has 1 rings (SSSR count). The van der Waals surface area contributed by atoms with Crippen molar-refractivity contribution < 1.29 is 8.42 Å². The first-order chi connectivity index (χ1) is 4.91. The van der Waals surface area contributed by atoms with E-state index in [1.807, 2.05) is 0 Å². The Morgan fingerprint density at radius 3 is 2.36 bits per heavy atom. The van der Waals surface area contributed by atoms with Crippen molar-refractivity contribution in [2.24, 2.45) is 7.05 Å². The van der Waals surface area contributed by atoms with Crippen LogP contribution in [0.2, 0.25) is 0 Å². The summed E-state index contributed by atoms with van der Waals surface area (Å²) in [7, 11) is -1.41. The van der Waals surface area contributed by atoms with Gasteiger partial charge in [-0.3, -0.25) is 0 Å². The Kier molecular flexibility index (Phi) is 2.24. The normalized spacial score (nSPS) is 11.9. The zero-order chi connectivity index (χ0) is 8.65. The van der Waals surface area contributed by atoms with E-state index in [1.54, 1.807) is 18.5 Å². The second kappa shape index (κ2) is 2.74. The molecule has 0 aromatic carbocycles. The third-order valence-corrected chi connectivity index (χ3v) is 3.39. The highest BCUT2D eigenvalue weighted by molar-refractivity contribution is 14.2. The molecule has 0 saturated carbocycles. The van der Waals surface area contributed by atoms with Gasteiger partial charge in [0.2, 0.25) is 7.01 Å². The molecule has 0 amide bonds. The van der Waals surface area contributed by atoms with Crippen molar-refractivity contribution in [3.8, 4) is 0 Å². The summed E-state index contributed by atoms with van der Waals surface area (Å²) in [5, 5.41) is 0.123. The van der Waals surface area contributed by atoms with Crippen LogP contribution in [-0.4, -0.2) is 18.0 Å². The molecular formula is C5H7IN2O2S. The van der Waals surface area contributed by atoms with E-state index in [0.717, 1.165) is 0 Å². The number of hydrogen-bond donors (Lipinski definition) is 0. The Morgan fingerprint density at radius 1 is 1.64 bits per heavy atom. The summed E-state index contributed by atoms with van der Waals surface area (Å²) < 4.78 is 23.5. The van der Waals surface area contributed by atoms with E-state index in [2.05, 4.69) is 4.98 Å². The molecule has 0 unspecified atom stereocenters. The van der Waals surface area contributed by atoms with E-state index in [9.17, 15) is 8.42 Å². The van der Waals surface area contributed by atoms with Gasteiger partial charge >= 0.3 is 0 Å². The van der Waals surface area contributed by atoms with E-state index < -0.39 is 7.01 Å². The first-order valence-electron chi connectivity index (χ1n) is 2.86. The molecule has 0 aliphatic rings. The standard InChI is InChI=1S/C5H7IN2O2S/c1-4-7-5(3-8(4)2)11(6,9)10/h3H,1-2H3. The third-order valence-electron chi connectivity index (χ3n) is 1.34. The lowest BCUT2D eigenvalue weighted by molar-refractivity contribution is 0.609. The van der Waals surface area contributed by atoms with E-state index >= 15 is 0 Å². The van der Waals surface area contributed by atoms with Crippen molar-refractivity contribution in [3.63, 3.8) is 0 Å². The second-order valence-electron chi connectivity index (χ2n) is 2.18. The lowest BCUT2D eigenvalue weighted by Crippen LogP contribution is -1.88. The van der Waals surface area contributed by atoms with Gasteiger partial charge in [-0.15, -0.1) is 0 Å². The van der Waals surface area contributed by atoms with Crippen molar-refractivity contribution in [2.75, 3.05) is 0 Å². The lowest BCUT2D eigenvalue weighted by Gasteiger charge is -1.87. The first-order valence-corrected chi connectivity index (χ1v) is 6.88. The molecule has 0 N–H and O–H groups in total. The summed E-state index contributed by atoms with van der Waals surface area (Å²) >= 11 is 1.37. The summed E-state index contributed by atoms with van der Waals surface area (Å²) in [5.74, 6) is 0.695. The fourth-order valence-electron chi connectivity index (χ4n) is 0.644. The third kappa shape index (κ3) is 1.92. The summed E-state index contributed by atoms with van der Waals surface area (Å²) in [6.45, 7) is 1.76. The van der Waals surface area contributed by atoms with Crippen LogP contribution in [0.5, 0.6) is 0 Å². The Labute approximate surface area is 77.1 Å². The summed E-state index contributed by atoms with van der Waals surface area (Å²) in [6.07, 6.45) is 1.50. The maximum absolute atomic E-state index is 10.9. The van der Waals surface area contributed by atoms with Crippen LogP contribution >= 0.6 is 21.2 Å². The van der Waals surface area contributed by atoms with Crippen molar-refractivity contribution >= 4 is 28.2 Å². The highest BCUT2D eigenvalue weighted by Gasteiger charge is 2.13. The molecule has 1 heterocycles. The average molecular weight is 286 g/mol. The monoisotopic (exact) mass is 286 g/mol. The van der Waals surface area contributed by atoms with Crippen LogP contribution in [0.15, 0.2) is 11.2 Å². The second-order valence-corrected chi connectivity index (χ2v) is 6.95. The molecule has 0 bridgehead atoms. The molecule has 0 aliphatic carbocycles. The van der Waals surface area contributed by atoms with Gasteiger partial charge in [-0.25, -0.2) is 13.4 Å². The Hall–Kier alpha value is -0.110. The summed E-state index contributed by atoms with van der Waals surface area (Å²) in [4.78, 5) is 3.85. The zero-order valence-corrected chi connectivity index (χ0v) is 9.05. The highest BCUT2D eigenvalue weighted by atomic mass is 127. The number of rotatable bonds is 1. The number of aromatic nitrogens is 2. The van der Waals surface area contributed by atoms with Crippen molar-refractivity contribution in [1.82, 2.24) is 9.55 Å². The first kappa shape index (κ1) is 8.98. The van der Waals surface area contributed by atoms with E-state index in [0.29, 0.717) is 5.82 Å². The molecule has 11 heavy (non-hydrogen) atoms. The van der Waals surface area contributed by atoms with Crippen LogP contribution in [0.1, 0.15) is 5.82 Å². The van der Waals surface area contributed by atoms with Gasteiger partial charge in [0.25, 0.3) is 0 Å². The molecule has 0 aliphatic heterocycles. The fourth-order valence-corrected chi connectivity index (χ4v) is 1.81. The SMILES string of the molecule is Cc1nc(S(=O)(=O)I)cn1C. The van der Waals surface area contributed by atoms with Gasteiger partial charge in [0.1, 0.15) is 5.82 Å². The molecule has 0 spiro atoms. The maximum Gasteiger partial charge on any atom is 0.249 e.